The smallest absolute Gasteiger partial charge is 0.0215 e. The fourth-order valence-electron chi connectivity index (χ4n) is 22.9. The lowest BCUT2D eigenvalue weighted by molar-refractivity contribution is 0.364. The van der Waals surface area contributed by atoms with E-state index in [1.165, 1.54) is 207 Å². The number of benzene rings is 12. The van der Waals surface area contributed by atoms with Crippen LogP contribution in [0.5, 0.6) is 0 Å². The molecule has 0 unspecified atom stereocenters. The Hall–Kier alpha value is -9.36. The molecule has 610 valence electrons. The molecule has 0 fully saturated rings. The molecule has 0 bridgehead atoms. The Kier molecular flexibility index (Phi) is 22.4. The van der Waals surface area contributed by atoms with E-state index in [2.05, 4.69) is 367 Å². The van der Waals surface area contributed by atoms with Crippen molar-refractivity contribution in [3.05, 3.63) is 298 Å². The standard InChI is InChI=1S/C119H134/c1-75(2)49-57-116(58-50-76(3)4)103-35-27-25-33-93(103)95-43-37-85(67-105(95)116)87-39-45-97-99-47-41-89(71-109(99)118(107(97)69-87,61-53-79(9)10)62-54-80(11)12)91-65-101(83-29-21-19-22-30-83)113-111(73-91)115(17,18)112-74-92(66-102(114(112)113)84-31-23-20-24-32-84)90-42-48-100-98-46-40-88(70-108(98)119(110(100)72-90,63-55-81(13)14)64-56-82(15)16)86-38-44-96-94-34-26-28-36-104(94)117(106(96)68-86,59-51-77(5)6)60-52-78(7)8/h19-48,65-82H,49-64H2,1-18H3. The van der Waals surface area contributed by atoms with E-state index in [0.717, 1.165) is 51.4 Å². The van der Waals surface area contributed by atoms with Crippen molar-refractivity contribution < 1.29 is 0 Å². The van der Waals surface area contributed by atoms with Crippen LogP contribution in [0, 0.1) is 47.3 Å². The maximum Gasteiger partial charge on any atom is 0.0215 e. The van der Waals surface area contributed by atoms with Crippen LogP contribution in [0.3, 0.4) is 0 Å². The van der Waals surface area contributed by atoms with Crippen molar-refractivity contribution in [2.75, 3.05) is 0 Å². The lowest BCUT2D eigenvalue weighted by Crippen LogP contribution is -2.27. The Morgan fingerprint density at radius 2 is 0.361 bits per heavy atom. The van der Waals surface area contributed by atoms with Gasteiger partial charge in [0, 0.05) is 27.1 Å². The van der Waals surface area contributed by atoms with Crippen molar-refractivity contribution in [2.24, 2.45) is 47.3 Å². The highest BCUT2D eigenvalue weighted by atomic mass is 14.5. The van der Waals surface area contributed by atoms with E-state index < -0.39 is 0 Å². The third-order valence-corrected chi connectivity index (χ3v) is 29.8. The van der Waals surface area contributed by atoms with Crippen molar-refractivity contribution in [3.8, 4) is 122 Å². The normalized spacial score (nSPS) is 15.4. The summed E-state index contributed by atoms with van der Waals surface area (Å²) in [6.07, 6.45) is 18.7. The van der Waals surface area contributed by atoms with Gasteiger partial charge in [-0.25, -0.2) is 0 Å². The van der Waals surface area contributed by atoms with Gasteiger partial charge >= 0.3 is 0 Å². The first-order valence-electron chi connectivity index (χ1n) is 46.8. The van der Waals surface area contributed by atoms with Crippen molar-refractivity contribution in [1.29, 1.82) is 0 Å². The summed E-state index contributed by atoms with van der Waals surface area (Å²) in [5.74, 6) is 4.81. The molecule has 0 saturated carbocycles. The number of rotatable bonds is 30. The summed E-state index contributed by atoms with van der Waals surface area (Å²) >= 11 is 0. The number of hydrogen-bond acceptors (Lipinski definition) is 0. The molecule has 0 amide bonds. The van der Waals surface area contributed by atoms with Crippen LogP contribution in [-0.4, -0.2) is 0 Å². The van der Waals surface area contributed by atoms with Crippen molar-refractivity contribution in [1.82, 2.24) is 0 Å². The van der Waals surface area contributed by atoms with Gasteiger partial charge in [-0.05, 0) is 389 Å². The van der Waals surface area contributed by atoms with Crippen LogP contribution in [0.25, 0.3) is 122 Å². The van der Waals surface area contributed by atoms with Crippen LogP contribution in [-0.2, 0) is 27.1 Å². The summed E-state index contributed by atoms with van der Waals surface area (Å²) in [6, 6.07) is 98.5. The van der Waals surface area contributed by atoms with Gasteiger partial charge in [-0.3, -0.25) is 0 Å². The molecule has 119 heavy (non-hydrogen) atoms. The monoisotopic (exact) mass is 1560 g/mol. The summed E-state index contributed by atoms with van der Waals surface area (Å²) in [5.41, 5.74) is 44.3. The summed E-state index contributed by atoms with van der Waals surface area (Å²) in [6.45, 7) is 44.0. The van der Waals surface area contributed by atoms with E-state index in [1.54, 1.807) is 22.3 Å². The lowest BCUT2D eigenvalue weighted by atomic mass is 9.68. The first-order chi connectivity index (χ1) is 57.2. The molecule has 0 aliphatic heterocycles. The topological polar surface area (TPSA) is 0 Å². The molecular formula is C119H134. The molecule has 0 heteroatoms. The average Bonchev–Trinajstić information content (AvgIpc) is 1.57. The molecule has 5 aliphatic rings. The van der Waals surface area contributed by atoms with Crippen molar-refractivity contribution >= 4 is 0 Å². The first kappa shape index (κ1) is 82.0. The van der Waals surface area contributed by atoms with Gasteiger partial charge in [-0.2, -0.15) is 0 Å². The minimum Gasteiger partial charge on any atom is -0.0628 e. The zero-order valence-corrected chi connectivity index (χ0v) is 75.5. The molecule has 0 heterocycles. The Bertz CT molecular complexity index is 5350. The fraction of sp³-hybridized carbons (Fsp3) is 0.395. The molecule has 12 aromatic rings. The van der Waals surface area contributed by atoms with E-state index in [4.69, 9.17) is 0 Å². The van der Waals surface area contributed by atoms with E-state index in [-0.39, 0.29) is 27.1 Å². The molecule has 0 atom stereocenters. The van der Waals surface area contributed by atoms with Crippen LogP contribution in [0.1, 0.15) is 283 Å². The van der Waals surface area contributed by atoms with Gasteiger partial charge in [0.25, 0.3) is 0 Å². The summed E-state index contributed by atoms with van der Waals surface area (Å²) in [7, 11) is 0. The highest BCUT2D eigenvalue weighted by Crippen LogP contribution is 2.64. The zero-order valence-electron chi connectivity index (χ0n) is 75.5. The van der Waals surface area contributed by atoms with Gasteiger partial charge in [0.05, 0.1) is 0 Å². The predicted molar refractivity (Wildman–Crippen MR) is 514 cm³/mol. The molecule has 0 N–H and O–H groups in total. The van der Waals surface area contributed by atoms with Crippen molar-refractivity contribution in [3.63, 3.8) is 0 Å². The molecule has 17 rings (SSSR count). The molecule has 0 nitrogen and oxygen atoms in total. The van der Waals surface area contributed by atoms with Crippen LogP contribution in [0.4, 0.5) is 0 Å². The van der Waals surface area contributed by atoms with Gasteiger partial charge < -0.3 is 0 Å². The Labute approximate surface area is 717 Å². The van der Waals surface area contributed by atoms with Gasteiger partial charge in [0.1, 0.15) is 0 Å². The van der Waals surface area contributed by atoms with E-state index >= 15 is 0 Å². The molecule has 0 spiro atoms. The quantitative estimate of drug-likeness (QED) is 0.0421. The Balaban J connectivity index is 0.789. The van der Waals surface area contributed by atoms with E-state index in [1.807, 2.05) is 0 Å². The third kappa shape index (κ3) is 14.6. The molecule has 5 aliphatic carbocycles. The second-order valence-electron chi connectivity index (χ2n) is 41.7. The predicted octanol–water partition coefficient (Wildman–Crippen LogP) is 34.6. The van der Waals surface area contributed by atoms with Gasteiger partial charge in [-0.15, -0.1) is 0 Å². The Morgan fingerprint density at radius 3 is 0.597 bits per heavy atom. The van der Waals surface area contributed by atoms with Crippen LogP contribution < -0.4 is 0 Å². The van der Waals surface area contributed by atoms with Gasteiger partial charge in [0.2, 0.25) is 0 Å². The summed E-state index contributed by atoms with van der Waals surface area (Å²) in [4.78, 5) is 0. The molecule has 12 aromatic carbocycles. The first-order valence-corrected chi connectivity index (χ1v) is 46.8. The molecule has 0 aromatic heterocycles. The maximum absolute atomic E-state index is 2.70. The van der Waals surface area contributed by atoms with Crippen molar-refractivity contribution in [2.45, 2.75) is 254 Å². The maximum atomic E-state index is 2.70. The number of fused-ring (bicyclic) bond motifs is 15. The molecular weight excluding hydrogens is 1430 g/mol. The Morgan fingerprint density at radius 1 is 0.168 bits per heavy atom. The van der Waals surface area contributed by atoms with Crippen LogP contribution in [0.2, 0.25) is 0 Å². The number of hydrogen-bond donors (Lipinski definition) is 0. The second kappa shape index (κ2) is 32.6. The van der Waals surface area contributed by atoms with E-state index in [9.17, 15) is 0 Å². The summed E-state index contributed by atoms with van der Waals surface area (Å²) < 4.78 is 0. The van der Waals surface area contributed by atoms with Gasteiger partial charge in [0.15, 0.2) is 0 Å². The minimum absolute atomic E-state index is 0.00651. The van der Waals surface area contributed by atoms with E-state index in [0.29, 0.717) is 47.3 Å². The second-order valence-corrected chi connectivity index (χ2v) is 41.7. The molecule has 0 saturated heterocycles. The molecule has 0 radical (unpaired) electrons. The van der Waals surface area contributed by atoms with Gasteiger partial charge in [-0.1, -0.05) is 307 Å². The fourth-order valence-corrected chi connectivity index (χ4v) is 22.9. The third-order valence-electron chi connectivity index (χ3n) is 29.8. The van der Waals surface area contributed by atoms with Crippen LogP contribution >= 0.6 is 0 Å². The largest absolute Gasteiger partial charge is 0.0628 e. The lowest BCUT2D eigenvalue weighted by Gasteiger charge is -2.35. The SMILES string of the molecule is CC(C)CCC1(CCC(C)C)c2ccccc2-c2ccc(-c3ccc4c(c3)C(CCC(C)C)(CCC(C)C)c3cc(-c5cc(-c6ccccc6)c6c(c5)C(C)(C)c5cc(-c7ccc8c(c7)C(CCC(C)C)(CCC(C)C)c7cc(-c9ccc%10c(c9)C(CCC(C)C)(CCC(C)C)c9ccccc9-%10)ccc7-8)cc(-c7ccccc7)c5-6)ccc3-4)cc21. The minimum atomic E-state index is -0.362. The highest BCUT2D eigenvalue weighted by molar-refractivity contribution is 6.03. The highest BCUT2D eigenvalue weighted by Gasteiger charge is 2.49. The zero-order chi connectivity index (χ0) is 83.2. The average molecular weight is 1560 g/mol. The summed E-state index contributed by atoms with van der Waals surface area (Å²) in [5, 5.41) is 0. The van der Waals surface area contributed by atoms with Crippen LogP contribution in [0.15, 0.2) is 243 Å².